The summed E-state index contributed by atoms with van der Waals surface area (Å²) in [6.45, 7) is 7.45. The first-order valence-electron chi connectivity index (χ1n) is 8.31. The average Bonchev–Trinajstić information content (AvgIpc) is 2.78. The van der Waals surface area contributed by atoms with Gasteiger partial charge in [-0.1, -0.05) is 11.6 Å². The van der Waals surface area contributed by atoms with E-state index in [1.807, 2.05) is 56.6 Å². The maximum Gasteiger partial charge on any atom is 0.407 e. The Bertz CT molecular complexity index is 592. The Morgan fingerprint density at radius 2 is 2.00 bits per heavy atom. The number of aromatic nitrogens is 1. The Kier molecular flexibility index (Phi) is 8.09. The van der Waals surface area contributed by atoms with Gasteiger partial charge >= 0.3 is 6.09 Å². The van der Waals surface area contributed by atoms with Crippen molar-refractivity contribution in [2.75, 3.05) is 27.2 Å². The van der Waals surface area contributed by atoms with Crippen LogP contribution in [0.3, 0.4) is 0 Å². The number of carbonyl (C=O) groups is 1. The highest BCUT2D eigenvalue weighted by atomic mass is 35.5. The Morgan fingerprint density at radius 1 is 1.36 bits per heavy atom. The normalized spacial score (nSPS) is 12.0. The van der Waals surface area contributed by atoms with Gasteiger partial charge in [0.1, 0.15) is 5.60 Å². The zero-order valence-corrected chi connectivity index (χ0v) is 16.8. The Morgan fingerprint density at radius 3 is 2.52 bits per heavy atom. The van der Waals surface area contributed by atoms with Crippen LogP contribution in [0.4, 0.5) is 4.79 Å². The van der Waals surface area contributed by atoms with Crippen LogP contribution in [0.25, 0.3) is 0 Å². The first-order valence-corrected chi connectivity index (χ1v) is 8.69. The number of aliphatic imine (C=N–C) groups is 1. The number of nitrogens with zero attached hydrogens (tertiary/aromatic N) is 3. The summed E-state index contributed by atoms with van der Waals surface area (Å²) in [6, 6.07) is 1.94. The fourth-order valence-electron chi connectivity index (χ4n) is 2.22. The molecular weight excluding hydrogens is 342 g/mol. The highest BCUT2D eigenvalue weighted by molar-refractivity contribution is 6.30. The van der Waals surface area contributed by atoms with E-state index in [9.17, 15) is 4.79 Å². The maximum atomic E-state index is 11.6. The third kappa shape index (κ3) is 8.16. The highest BCUT2D eigenvalue weighted by Crippen LogP contribution is 2.14. The van der Waals surface area contributed by atoms with Gasteiger partial charge in [-0.05, 0) is 33.3 Å². The van der Waals surface area contributed by atoms with E-state index in [1.54, 1.807) is 7.05 Å². The van der Waals surface area contributed by atoms with Gasteiger partial charge in [-0.15, -0.1) is 0 Å². The van der Waals surface area contributed by atoms with Crippen LogP contribution in [0.2, 0.25) is 5.02 Å². The van der Waals surface area contributed by atoms with Crippen molar-refractivity contribution in [1.29, 1.82) is 0 Å². The van der Waals surface area contributed by atoms with Crippen molar-refractivity contribution in [2.24, 2.45) is 12.0 Å². The number of guanidine groups is 1. The van der Waals surface area contributed by atoms with Gasteiger partial charge in [-0.3, -0.25) is 4.99 Å². The molecule has 0 aliphatic carbocycles. The predicted molar refractivity (Wildman–Crippen MR) is 102 cm³/mol. The van der Waals surface area contributed by atoms with E-state index in [0.29, 0.717) is 19.6 Å². The van der Waals surface area contributed by atoms with Gasteiger partial charge in [0.15, 0.2) is 5.96 Å². The van der Waals surface area contributed by atoms with Crippen LogP contribution in [0.15, 0.2) is 17.3 Å². The van der Waals surface area contributed by atoms with Gasteiger partial charge < -0.3 is 24.8 Å². The third-order valence-electron chi connectivity index (χ3n) is 3.35. The van der Waals surface area contributed by atoms with E-state index < -0.39 is 11.7 Å². The van der Waals surface area contributed by atoms with Crippen molar-refractivity contribution in [3.05, 3.63) is 23.0 Å². The van der Waals surface area contributed by atoms with E-state index in [4.69, 9.17) is 16.3 Å². The summed E-state index contributed by atoms with van der Waals surface area (Å²) in [5, 5.41) is 6.74. The van der Waals surface area contributed by atoms with Crippen LogP contribution in [0, 0.1) is 0 Å². The number of rotatable bonds is 6. The lowest BCUT2D eigenvalue weighted by Crippen LogP contribution is -2.40. The molecule has 8 heteroatoms. The van der Waals surface area contributed by atoms with E-state index in [2.05, 4.69) is 15.6 Å². The van der Waals surface area contributed by atoms with Crippen LogP contribution in [0.1, 0.15) is 32.9 Å². The standard InChI is InChI=1S/C17H30ClN5O2/c1-17(2,3)25-16(24)21-9-7-8-20-15(19-4)23(6)12-14-10-13(18)11-22(14)5/h10-11H,7-9,12H2,1-6H3,(H,19,20)(H,21,24). The summed E-state index contributed by atoms with van der Waals surface area (Å²) in [5.74, 6) is 0.787. The quantitative estimate of drug-likeness (QED) is 0.458. The van der Waals surface area contributed by atoms with Crippen molar-refractivity contribution >= 4 is 23.7 Å². The summed E-state index contributed by atoms with van der Waals surface area (Å²) >= 11 is 6.02. The van der Waals surface area contributed by atoms with Crippen molar-refractivity contribution < 1.29 is 9.53 Å². The second-order valence-corrected chi connectivity index (χ2v) is 7.31. The Hall–Kier alpha value is -1.89. The minimum Gasteiger partial charge on any atom is -0.444 e. The lowest BCUT2D eigenvalue weighted by atomic mass is 10.2. The summed E-state index contributed by atoms with van der Waals surface area (Å²) in [7, 11) is 5.68. The molecule has 0 spiro atoms. The lowest BCUT2D eigenvalue weighted by Gasteiger charge is -2.22. The number of hydrogen-bond acceptors (Lipinski definition) is 3. The summed E-state index contributed by atoms with van der Waals surface area (Å²) in [5.41, 5.74) is 0.620. The van der Waals surface area contributed by atoms with Crippen molar-refractivity contribution in [3.8, 4) is 0 Å². The summed E-state index contributed by atoms with van der Waals surface area (Å²) in [6.07, 6.45) is 2.25. The van der Waals surface area contributed by atoms with Gasteiger partial charge in [0, 0.05) is 46.1 Å². The fourth-order valence-corrected chi connectivity index (χ4v) is 2.49. The second-order valence-electron chi connectivity index (χ2n) is 6.87. The molecule has 0 atom stereocenters. The average molecular weight is 372 g/mol. The maximum absolute atomic E-state index is 11.6. The van der Waals surface area contributed by atoms with Crippen molar-refractivity contribution in [2.45, 2.75) is 39.3 Å². The molecule has 0 saturated carbocycles. The summed E-state index contributed by atoms with van der Waals surface area (Å²) in [4.78, 5) is 17.9. The molecule has 25 heavy (non-hydrogen) atoms. The van der Waals surface area contributed by atoms with Crippen molar-refractivity contribution in [1.82, 2.24) is 20.1 Å². The molecule has 0 aliphatic rings. The van der Waals surface area contributed by atoms with E-state index in [-0.39, 0.29) is 0 Å². The monoisotopic (exact) mass is 371 g/mol. The number of alkyl carbamates (subject to hydrolysis) is 1. The molecule has 0 fully saturated rings. The molecule has 1 aromatic rings. The molecule has 2 N–H and O–H groups in total. The molecule has 0 aromatic carbocycles. The van der Waals surface area contributed by atoms with E-state index in [1.165, 1.54) is 0 Å². The zero-order valence-electron chi connectivity index (χ0n) is 16.0. The molecule has 0 radical (unpaired) electrons. The minimum atomic E-state index is -0.479. The Balaban J connectivity index is 2.32. The number of carbonyl (C=O) groups excluding carboxylic acids is 1. The molecule has 0 saturated heterocycles. The molecule has 0 aliphatic heterocycles. The van der Waals surface area contributed by atoms with Gasteiger partial charge in [0.05, 0.1) is 11.6 Å². The molecule has 1 aromatic heterocycles. The van der Waals surface area contributed by atoms with Gasteiger partial charge in [-0.2, -0.15) is 0 Å². The number of ether oxygens (including phenoxy) is 1. The van der Waals surface area contributed by atoms with Gasteiger partial charge in [0.25, 0.3) is 0 Å². The molecule has 1 rings (SSSR count). The smallest absolute Gasteiger partial charge is 0.407 e. The molecule has 1 heterocycles. The third-order valence-corrected chi connectivity index (χ3v) is 3.56. The molecule has 0 unspecified atom stereocenters. The van der Waals surface area contributed by atoms with E-state index in [0.717, 1.165) is 23.1 Å². The van der Waals surface area contributed by atoms with Crippen molar-refractivity contribution in [3.63, 3.8) is 0 Å². The van der Waals surface area contributed by atoms with Crippen LogP contribution in [-0.4, -0.2) is 54.3 Å². The fraction of sp³-hybridized carbons (Fsp3) is 0.647. The summed E-state index contributed by atoms with van der Waals surface area (Å²) < 4.78 is 7.19. The SMILES string of the molecule is CN=C(NCCCNC(=O)OC(C)(C)C)N(C)Cc1cc(Cl)cn1C. The molecule has 1 amide bonds. The van der Waals surface area contributed by atoms with Crippen LogP contribution in [-0.2, 0) is 18.3 Å². The van der Waals surface area contributed by atoms with Crippen LogP contribution >= 0.6 is 11.6 Å². The van der Waals surface area contributed by atoms with Gasteiger partial charge in [-0.25, -0.2) is 4.79 Å². The number of amides is 1. The van der Waals surface area contributed by atoms with Gasteiger partial charge in [0.2, 0.25) is 0 Å². The first kappa shape index (κ1) is 21.2. The number of hydrogen-bond donors (Lipinski definition) is 2. The predicted octanol–water partition coefficient (Wildman–Crippen LogP) is 2.60. The molecule has 0 bridgehead atoms. The first-order chi connectivity index (χ1) is 11.6. The number of halogens is 1. The lowest BCUT2D eigenvalue weighted by molar-refractivity contribution is 0.0527. The second kappa shape index (κ2) is 9.56. The van der Waals surface area contributed by atoms with E-state index >= 15 is 0 Å². The molecule has 142 valence electrons. The highest BCUT2D eigenvalue weighted by Gasteiger charge is 2.15. The number of nitrogens with one attached hydrogen (secondary N) is 2. The Labute approximate surface area is 155 Å². The molecular formula is C17H30ClN5O2. The largest absolute Gasteiger partial charge is 0.444 e. The number of aryl methyl sites for hydroxylation is 1. The minimum absolute atomic E-state index is 0.394. The topological polar surface area (TPSA) is 70.9 Å². The van der Waals surface area contributed by atoms with Crippen LogP contribution < -0.4 is 10.6 Å². The van der Waals surface area contributed by atoms with Crippen LogP contribution in [0.5, 0.6) is 0 Å². The zero-order chi connectivity index (χ0) is 19.0. The molecule has 7 nitrogen and oxygen atoms in total.